The Morgan fingerprint density at radius 1 is 1.07 bits per heavy atom. The first-order valence-corrected chi connectivity index (χ1v) is 8.85. The molecule has 0 aliphatic rings. The molecule has 0 aliphatic carbocycles. The molecule has 0 atom stereocenters. The predicted octanol–water partition coefficient (Wildman–Crippen LogP) is 4.31. The van der Waals surface area contributed by atoms with Gasteiger partial charge >= 0.3 is 0 Å². The predicted molar refractivity (Wildman–Crippen MR) is 120 cm³/mol. The van der Waals surface area contributed by atoms with Gasteiger partial charge < -0.3 is 15.1 Å². The second-order valence-electron chi connectivity index (χ2n) is 6.21. The molecular formula is C21H24FIN4O. The number of rotatable bonds is 6. The van der Waals surface area contributed by atoms with Crippen molar-refractivity contribution in [2.24, 2.45) is 4.99 Å². The molecule has 2 aromatic carbocycles. The third-order valence-electron chi connectivity index (χ3n) is 4.14. The zero-order chi connectivity index (χ0) is 19.1. The monoisotopic (exact) mass is 494 g/mol. The summed E-state index contributed by atoms with van der Waals surface area (Å²) in [4.78, 5) is 8.50. The van der Waals surface area contributed by atoms with Gasteiger partial charge in [0.15, 0.2) is 11.7 Å². The average Bonchev–Trinajstić information content (AvgIpc) is 3.15. The fourth-order valence-electron chi connectivity index (χ4n) is 2.60. The summed E-state index contributed by atoms with van der Waals surface area (Å²) in [5.74, 6) is 1.77. The lowest BCUT2D eigenvalue weighted by Crippen LogP contribution is -2.37. The standard InChI is InChI=1S/C21H23FN4O.HI/c1-15-3-7-17(8-4-15)19-13-25-20(27-19)14-26-21(23-2)24-12-11-16-5-9-18(22)10-6-16;/h3-10,13H,11-12,14H2,1-2H3,(H2,23,24,26);1H. The van der Waals surface area contributed by atoms with Gasteiger partial charge in [-0.3, -0.25) is 4.99 Å². The molecule has 0 amide bonds. The second kappa shape index (κ2) is 10.8. The molecule has 0 spiro atoms. The van der Waals surface area contributed by atoms with Crippen LogP contribution in [0.5, 0.6) is 0 Å². The first kappa shape index (κ1) is 21.9. The number of benzene rings is 2. The van der Waals surface area contributed by atoms with E-state index in [4.69, 9.17) is 4.42 Å². The van der Waals surface area contributed by atoms with E-state index in [2.05, 4.69) is 20.6 Å². The summed E-state index contributed by atoms with van der Waals surface area (Å²) >= 11 is 0. The molecule has 1 aromatic heterocycles. The van der Waals surface area contributed by atoms with E-state index in [0.29, 0.717) is 24.9 Å². The second-order valence-corrected chi connectivity index (χ2v) is 6.21. The molecule has 1 heterocycles. The topological polar surface area (TPSA) is 62.5 Å². The van der Waals surface area contributed by atoms with E-state index in [1.165, 1.54) is 17.7 Å². The Labute approximate surface area is 181 Å². The van der Waals surface area contributed by atoms with Crippen LogP contribution in [-0.4, -0.2) is 24.5 Å². The van der Waals surface area contributed by atoms with Gasteiger partial charge in [-0.15, -0.1) is 24.0 Å². The molecule has 0 fully saturated rings. The van der Waals surface area contributed by atoms with Gasteiger partial charge in [-0.2, -0.15) is 0 Å². The number of nitrogens with zero attached hydrogens (tertiary/aromatic N) is 2. The summed E-state index contributed by atoms with van der Waals surface area (Å²) in [7, 11) is 1.71. The normalized spacial score (nSPS) is 11.0. The third-order valence-corrected chi connectivity index (χ3v) is 4.14. The number of hydrogen-bond acceptors (Lipinski definition) is 3. The van der Waals surface area contributed by atoms with Gasteiger partial charge in [0.25, 0.3) is 0 Å². The number of aliphatic imine (C=N–C) groups is 1. The maximum absolute atomic E-state index is 12.9. The largest absolute Gasteiger partial charge is 0.439 e. The number of aromatic nitrogens is 1. The Kier molecular flexibility index (Phi) is 8.43. The zero-order valence-corrected chi connectivity index (χ0v) is 18.2. The molecule has 0 radical (unpaired) electrons. The summed E-state index contributed by atoms with van der Waals surface area (Å²) < 4.78 is 18.7. The summed E-state index contributed by atoms with van der Waals surface area (Å²) in [5.41, 5.74) is 3.27. The number of aryl methyl sites for hydroxylation is 1. The van der Waals surface area contributed by atoms with Crippen molar-refractivity contribution >= 4 is 29.9 Å². The number of oxazole rings is 1. The molecule has 0 bridgehead atoms. The first-order valence-electron chi connectivity index (χ1n) is 8.85. The number of guanidine groups is 1. The molecule has 2 N–H and O–H groups in total. The molecular weight excluding hydrogens is 470 g/mol. The minimum atomic E-state index is -0.222. The van der Waals surface area contributed by atoms with Gasteiger partial charge in [-0.05, 0) is 31.0 Å². The van der Waals surface area contributed by atoms with Crippen LogP contribution in [0, 0.1) is 12.7 Å². The van der Waals surface area contributed by atoms with Gasteiger partial charge in [-0.25, -0.2) is 9.37 Å². The van der Waals surface area contributed by atoms with Crippen LogP contribution in [0.3, 0.4) is 0 Å². The fraction of sp³-hybridized carbons (Fsp3) is 0.238. The van der Waals surface area contributed by atoms with Crippen LogP contribution < -0.4 is 10.6 Å². The van der Waals surface area contributed by atoms with E-state index in [0.717, 1.165) is 23.3 Å². The lowest BCUT2D eigenvalue weighted by molar-refractivity contribution is 0.497. The van der Waals surface area contributed by atoms with Crippen molar-refractivity contribution in [1.82, 2.24) is 15.6 Å². The highest BCUT2D eigenvalue weighted by atomic mass is 127. The number of halogens is 2. The van der Waals surface area contributed by atoms with Crippen LogP contribution in [0.25, 0.3) is 11.3 Å². The van der Waals surface area contributed by atoms with Crippen molar-refractivity contribution in [2.45, 2.75) is 19.9 Å². The minimum Gasteiger partial charge on any atom is -0.439 e. The van der Waals surface area contributed by atoms with Gasteiger partial charge in [0.2, 0.25) is 5.89 Å². The molecule has 3 aromatic rings. The van der Waals surface area contributed by atoms with Crippen molar-refractivity contribution in [2.75, 3.05) is 13.6 Å². The van der Waals surface area contributed by atoms with Crippen LogP contribution in [0.2, 0.25) is 0 Å². The molecule has 0 saturated carbocycles. The molecule has 0 unspecified atom stereocenters. The van der Waals surface area contributed by atoms with Crippen molar-refractivity contribution < 1.29 is 8.81 Å². The first-order chi connectivity index (χ1) is 13.1. The third kappa shape index (κ3) is 6.33. The Bertz CT molecular complexity index is 892. The number of hydrogen-bond donors (Lipinski definition) is 2. The molecule has 148 valence electrons. The molecule has 0 saturated heterocycles. The van der Waals surface area contributed by atoms with Gasteiger partial charge in [0.1, 0.15) is 5.82 Å². The Hall–Kier alpha value is -2.42. The van der Waals surface area contributed by atoms with E-state index < -0.39 is 0 Å². The minimum absolute atomic E-state index is 0. The van der Waals surface area contributed by atoms with Crippen LogP contribution in [0.1, 0.15) is 17.0 Å². The van der Waals surface area contributed by atoms with Crippen molar-refractivity contribution in [3.63, 3.8) is 0 Å². The maximum Gasteiger partial charge on any atom is 0.214 e. The maximum atomic E-state index is 12.9. The zero-order valence-electron chi connectivity index (χ0n) is 15.9. The molecule has 5 nitrogen and oxygen atoms in total. The van der Waals surface area contributed by atoms with Gasteiger partial charge in [0.05, 0.1) is 12.7 Å². The van der Waals surface area contributed by atoms with Gasteiger partial charge in [-0.1, -0.05) is 42.0 Å². The summed E-state index contributed by atoms with van der Waals surface area (Å²) in [6, 6.07) is 14.6. The SMILES string of the molecule is CN=C(NCCc1ccc(F)cc1)NCc1ncc(-c2ccc(C)cc2)o1.I. The highest BCUT2D eigenvalue weighted by molar-refractivity contribution is 14.0. The van der Waals surface area contributed by atoms with Crippen LogP contribution in [-0.2, 0) is 13.0 Å². The molecule has 3 rings (SSSR count). The van der Waals surface area contributed by atoms with Crippen molar-refractivity contribution in [1.29, 1.82) is 0 Å². The van der Waals surface area contributed by atoms with Crippen LogP contribution in [0.15, 0.2) is 64.1 Å². The molecule has 0 aliphatic heterocycles. The van der Waals surface area contributed by atoms with E-state index in [1.807, 2.05) is 31.2 Å². The van der Waals surface area contributed by atoms with Gasteiger partial charge in [0, 0.05) is 19.2 Å². The summed E-state index contributed by atoms with van der Waals surface area (Å²) in [6.07, 6.45) is 2.50. The van der Waals surface area contributed by atoms with Crippen molar-refractivity contribution in [3.8, 4) is 11.3 Å². The molecule has 7 heteroatoms. The Morgan fingerprint density at radius 3 is 2.46 bits per heavy atom. The fourth-order valence-corrected chi connectivity index (χ4v) is 2.60. The van der Waals surface area contributed by atoms with Crippen molar-refractivity contribution in [3.05, 3.63) is 77.6 Å². The summed E-state index contributed by atoms with van der Waals surface area (Å²) in [6.45, 7) is 3.17. The van der Waals surface area contributed by atoms with Crippen LogP contribution >= 0.6 is 24.0 Å². The van der Waals surface area contributed by atoms with E-state index in [9.17, 15) is 4.39 Å². The Balaban J connectivity index is 0.00000280. The van der Waals surface area contributed by atoms with E-state index >= 15 is 0 Å². The Morgan fingerprint density at radius 2 is 1.79 bits per heavy atom. The number of nitrogens with one attached hydrogen (secondary N) is 2. The lowest BCUT2D eigenvalue weighted by Gasteiger charge is -2.10. The average molecular weight is 494 g/mol. The van der Waals surface area contributed by atoms with E-state index in [-0.39, 0.29) is 29.8 Å². The summed E-state index contributed by atoms with van der Waals surface area (Å²) in [5, 5.41) is 6.40. The lowest BCUT2D eigenvalue weighted by atomic mass is 10.1. The highest BCUT2D eigenvalue weighted by Crippen LogP contribution is 2.20. The smallest absolute Gasteiger partial charge is 0.214 e. The highest BCUT2D eigenvalue weighted by Gasteiger charge is 2.07. The quantitative estimate of drug-likeness (QED) is 0.305. The van der Waals surface area contributed by atoms with Crippen LogP contribution in [0.4, 0.5) is 4.39 Å². The van der Waals surface area contributed by atoms with E-state index in [1.54, 1.807) is 25.4 Å². The molecule has 28 heavy (non-hydrogen) atoms.